The third kappa shape index (κ3) is 3.55. The summed E-state index contributed by atoms with van der Waals surface area (Å²) in [4.78, 5) is 2.43. The van der Waals surface area contributed by atoms with Crippen molar-refractivity contribution in [3.8, 4) is 0 Å². The van der Waals surface area contributed by atoms with E-state index in [2.05, 4.69) is 11.9 Å². The highest BCUT2D eigenvalue weighted by Crippen LogP contribution is 2.19. The van der Waals surface area contributed by atoms with Crippen LogP contribution in [0.2, 0.25) is 0 Å². The first-order chi connectivity index (χ1) is 5.83. The van der Waals surface area contributed by atoms with Gasteiger partial charge in [-0.3, -0.25) is 0 Å². The van der Waals surface area contributed by atoms with Crippen molar-refractivity contribution >= 4 is 0 Å². The van der Waals surface area contributed by atoms with Gasteiger partial charge in [0.25, 0.3) is 0 Å². The van der Waals surface area contributed by atoms with Crippen LogP contribution >= 0.6 is 0 Å². The highest BCUT2D eigenvalue weighted by atomic mass is 16.2. The van der Waals surface area contributed by atoms with Gasteiger partial charge in [0.2, 0.25) is 0 Å². The van der Waals surface area contributed by atoms with Gasteiger partial charge >= 0.3 is 0 Å². The predicted molar refractivity (Wildman–Crippen MR) is 51.2 cm³/mol. The monoisotopic (exact) mass is 171 g/mol. The normalized spacial score (nSPS) is 27.0. The largest absolute Gasteiger partial charge is 0.396 e. The summed E-state index contributed by atoms with van der Waals surface area (Å²) in [5.41, 5.74) is 0. The Morgan fingerprint density at radius 2 is 2.25 bits per heavy atom. The fourth-order valence-electron chi connectivity index (χ4n) is 2.05. The quantitative estimate of drug-likeness (QED) is 0.695. The SMILES string of the molecule is CN1CCCCC(CCCO)C1. The molecular formula is C10H21NO. The van der Waals surface area contributed by atoms with Gasteiger partial charge in [0.05, 0.1) is 0 Å². The van der Waals surface area contributed by atoms with E-state index in [1.54, 1.807) is 0 Å². The van der Waals surface area contributed by atoms with Crippen LogP contribution in [0, 0.1) is 5.92 Å². The van der Waals surface area contributed by atoms with Crippen LogP contribution in [0.5, 0.6) is 0 Å². The van der Waals surface area contributed by atoms with Gasteiger partial charge < -0.3 is 10.0 Å². The summed E-state index contributed by atoms with van der Waals surface area (Å²) in [5, 5.41) is 8.72. The molecule has 0 bridgehead atoms. The van der Waals surface area contributed by atoms with E-state index in [-0.39, 0.29) is 0 Å². The number of aliphatic hydroxyl groups excluding tert-OH is 1. The number of nitrogens with zero attached hydrogens (tertiary/aromatic N) is 1. The third-order valence-electron chi connectivity index (χ3n) is 2.74. The number of aliphatic hydroxyl groups is 1. The maximum Gasteiger partial charge on any atom is 0.0431 e. The molecule has 0 spiro atoms. The van der Waals surface area contributed by atoms with Crippen molar-refractivity contribution in [3.63, 3.8) is 0 Å². The summed E-state index contributed by atoms with van der Waals surface area (Å²) >= 11 is 0. The fraction of sp³-hybridized carbons (Fsp3) is 1.00. The van der Waals surface area contributed by atoms with Gasteiger partial charge in [-0.2, -0.15) is 0 Å². The molecule has 1 atom stereocenters. The number of hydrogen-bond donors (Lipinski definition) is 1. The summed E-state index contributed by atoms with van der Waals surface area (Å²) in [6, 6.07) is 0. The van der Waals surface area contributed by atoms with Crippen molar-refractivity contribution in [1.82, 2.24) is 4.90 Å². The molecule has 0 radical (unpaired) electrons. The number of hydrogen-bond acceptors (Lipinski definition) is 2. The van der Waals surface area contributed by atoms with Gasteiger partial charge in [0, 0.05) is 13.2 Å². The third-order valence-corrected chi connectivity index (χ3v) is 2.74. The molecule has 1 fully saturated rings. The van der Waals surface area contributed by atoms with Crippen molar-refractivity contribution in [1.29, 1.82) is 0 Å². The van der Waals surface area contributed by atoms with Crippen LogP contribution < -0.4 is 0 Å². The van der Waals surface area contributed by atoms with Gasteiger partial charge in [-0.15, -0.1) is 0 Å². The lowest BCUT2D eigenvalue weighted by Crippen LogP contribution is -2.24. The first-order valence-corrected chi connectivity index (χ1v) is 5.12. The van der Waals surface area contributed by atoms with Crippen molar-refractivity contribution < 1.29 is 5.11 Å². The van der Waals surface area contributed by atoms with E-state index in [4.69, 9.17) is 5.11 Å². The standard InChI is InChI=1S/C10H21NO/c1-11-7-3-2-5-10(9-11)6-4-8-12/h10,12H,2-9H2,1H3. The second-order valence-corrected chi connectivity index (χ2v) is 3.99. The van der Waals surface area contributed by atoms with E-state index < -0.39 is 0 Å². The molecule has 1 aliphatic heterocycles. The second kappa shape index (κ2) is 5.55. The van der Waals surface area contributed by atoms with Crippen molar-refractivity contribution in [2.24, 2.45) is 5.92 Å². The Balaban J connectivity index is 2.21. The van der Waals surface area contributed by atoms with Crippen LogP contribution in [0.1, 0.15) is 32.1 Å². The van der Waals surface area contributed by atoms with E-state index in [0.717, 1.165) is 12.3 Å². The lowest BCUT2D eigenvalue weighted by Gasteiger charge is -2.19. The predicted octanol–water partition coefficient (Wildman–Crippen LogP) is 1.49. The molecule has 0 amide bonds. The molecule has 1 aliphatic rings. The lowest BCUT2D eigenvalue weighted by molar-refractivity contribution is 0.246. The molecule has 0 saturated carbocycles. The number of rotatable bonds is 3. The molecule has 12 heavy (non-hydrogen) atoms. The Hall–Kier alpha value is -0.0800. The molecule has 0 aromatic heterocycles. The van der Waals surface area contributed by atoms with E-state index >= 15 is 0 Å². The first kappa shape index (κ1) is 10.0. The average Bonchev–Trinajstić information content (AvgIpc) is 2.26. The minimum absolute atomic E-state index is 0.361. The van der Waals surface area contributed by atoms with E-state index in [9.17, 15) is 0 Å². The minimum Gasteiger partial charge on any atom is -0.396 e. The summed E-state index contributed by atoms with van der Waals surface area (Å²) in [7, 11) is 2.21. The van der Waals surface area contributed by atoms with Gasteiger partial charge in [-0.1, -0.05) is 6.42 Å². The Bertz CT molecular complexity index is 116. The van der Waals surface area contributed by atoms with Crippen LogP contribution in [-0.2, 0) is 0 Å². The molecule has 72 valence electrons. The van der Waals surface area contributed by atoms with E-state index in [0.29, 0.717) is 6.61 Å². The maximum absolute atomic E-state index is 8.72. The highest BCUT2D eigenvalue weighted by Gasteiger charge is 2.14. The molecule has 2 heteroatoms. The fourth-order valence-corrected chi connectivity index (χ4v) is 2.05. The van der Waals surface area contributed by atoms with Crippen LogP contribution in [0.3, 0.4) is 0 Å². The average molecular weight is 171 g/mol. The summed E-state index contributed by atoms with van der Waals surface area (Å²) < 4.78 is 0. The van der Waals surface area contributed by atoms with Gasteiger partial charge in [0.15, 0.2) is 0 Å². The van der Waals surface area contributed by atoms with E-state index in [1.807, 2.05) is 0 Å². The Kier molecular flexibility index (Phi) is 4.62. The zero-order valence-electron chi connectivity index (χ0n) is 8.13. The molecule has 0 aromatic rings. The van der Waals surface area contributed by atoms with Gasteiger partial charge in [-0.05, 0) is 45.2 Å². The molecule has 0 aliphatic carbocycles. The van der Waals surface area contributed by atoms with Crippen LogP contribution in [0.25, 0.3) is 0 Å². The molecule has 1 unspecified atom stereocenters. The molecular weight excluding hydrogens is 150 g/mol. The van der Waals surface area contributed by atoms with Crippen LogP contribution in [0.15, 0.2) is 0 Å². The topological polar surface area (TPSA) is 23.5 Å². The summed E-state index contributed by atoms with van der Waals surface area (Å²) in [6.45, 7) is 2.86. The minimum atomic E-state index is 0.361. The Morgan fingerprint density at radius 3 is 3.00 bits per heavy atom. The molecule has 1 saturated heterocycles. The molecule has 1 rings (SSSR count). The molecule has 0 aromatic carbocycles. The Morgan fingerprint density at radius 1 is 1.42 bits per heavy atom. The second-order valence-electron chi connectivity index (χ2n) is 3.99. The number of likely N-dealkylation sites (tertiary alicyclic amines) is 1. The Labute approximate surface area is 75.6 Å². The van der Waals surface area contributed by atoms with Gasteiger partial charge in [0.1, 0.15) is 0 Å². The molecule has 1 N–H and O–H groups in total. The zero-order chi connectivity index (χ0) is 8.81. The molecule has 2 nitrogen and oxygen atoms in total. The van der Waals surface area contributed by atoms with Crippen molar-refractivity contribution in [2.45, 2.75) is 32.1 Å². The summed E-state index contributed by atoms with van der Waals surface area (Å²) in [6.07, 6.45) is 6.29. The van der Waals surface area contributed by atoms with Crippen LogP contribution in [0.4, 0.5) is 0 Å². The molecule has 1 heterocycles. The van der Waals surface area contributed by atoms with Crippen molar-refractivity contribution in [3.05, 3.63) is 0 Å². The zero-order valence-corrected chi connectivity index (χ0v) is 8.13. The summed E-state index contributed by atoms with van der Waals surface area (Å²) in [5.74, 6) is 0.838. The van der Waals surface area contributed by atoms with Gasteiger partial charge in [-0.25, -0.2) is 0 Å². The first-order valence-electron chi connectivity index (χ1n) is 5.12. The highest BCUT2D eigenvalue weighted by molar-refractivity contribution is 4.68. The van der Waals surface area contributed by atoms with Crippen molar-refractivity contribution in [2.75, 3.05) is 26.7 Å². The smallest absolute Gasteiger partial charge is 0.0431 e. The lowest BCUT2D eigenvalue weighted by atomic mass is 9.98. The van der Waals surface area contributed by atoms with Crippen LogP contribution in [-0.4, -0.2) is 36.8 Å². The van der Waals surface area contributed by atoms with E-state index in [1.165, 1.54) is 38.8 Å². The maximum atomic E-state index is 8.72.